The molecule has 5 heteroatoms. The third-order valence-corrected chi connectivity index (χ3v) is 6.59. The number of benzene rings is 1. The predicted molar refractivity (Wildman–Crippen MR) is 90.9 cm³/mol. The van der Waals surface area contributed by atoms with E-state index in [1.807, 2.05) is 6.92 Å². The minimum Gasteiger partial charge on any atom is -0.198 e. The van der Waals surface area contributed by atoms with Crippen molar-refractivity contribution in [2.75, 3.05) is 0 Å². The van der Waals surface area contributed by atoms with Gasteiger partial charge in [0.2, 0.25) is 0 Å². The predicted octanol–water partition coefficient (Wildman–Crippen LogP) is 4.88. The molecule has 1 unspecified atom stereocenters. The summed E-state index contributed by atoms with van der Waals surface area (Å²) in [6.45, 7) is 1.94. The van der Waals surface area contributed by atoms with Crippen molar-refractivity contribution in [1.82, 2.24) is 0 Å². The molecule has 126 valence electrons. The molecule has 0 radical (unpaired) electrons. The summed E-state index contributed by atoms with van der Waals surface area (Å²) in [6, 6.07) is 6.89. The molecule has 0 heterocycles. The molecule has 1 aromatic rings. The molecular weight excluding hydrogens is 308 g/mol. The normalized spacial score (nSPS) is 29.2. The highest BCUT2D eigenvalue weighted by atomic mass is 32.2. The lowest BCUT2D eigenvalue weighted by atomic mass is 9.75. The zero-order valence-electron chi connectivity index (χ0n) is 13.8. The van der Waals surface area contributed by atoms with Gasteiger partial charge in [0.1, 0.15) is 0 Å². The van der Waals surface area contributed by atoms with Gasteiger partial charge in [-0.1, -0.05) is 47.9 Å². The molecule has 3 aliphatic rings. The van der Waals surface area contributed by atoms with E-state index < -0.39 is 10.0 Å². The fourth-order valence-corrected chi connectivity index (χ4v) is 4.79. The molecule has 0 N–H and O–H groups in total. The number of hydrogen-bond acceptors (Lipinski definition) is 3. The second kappa shape index (κ2) is 7.12. The smallest absolute Gasteiger partial charge is 0.198 e. The highest BCUT2D eigenvalue weighted by molar-refractivity contribution is 7.90. The van der Waals surface area contributed by atoms with Gasteiger partial charge in [-0.15, -0.1) is 0 Å². The standard InChI is InChI=1S/C18H26N2O2S/c1-14-8-11-17(12-9-14)23(21,22)20-19-18-13-10-15-4-2-6-16(18)7-3-5-15/h8-9,11-12,15-16,18H,2-7,10,13H2,1H3. The van der Waals surface area contributed by atoms with E-state index in [1.54, 1.807) is 24.3 Å². The second-order valence-electron chi connectivity index (χ2n) is 7.12. The Morgan fingerprint density at radius 2 is 1.57 bits per heavy atom. The first-order valence-corrected chi connectivity index (χ1v) is 10.2. The molecule has 0 amide bonds. The summed E-state index contributed by atoms with van der Waals surface area (Å²) in [5, 5.41) is 4.31. The van der Waals surface area contributed by atoms with Crippen molar-refractivity contribution in [1.29, 1.82) is 0 Å². The lowest BCUT2D eigenvalue weighted by Crippen LogP contribution is -2.25. The maximum absolute atomic E-state index is 12.4. The molecule has 3 saturated carbocycles. The minimum absolute atomic E-state index is 0.0818. The number of hydrogen-bond donors (Lipinski definition) is 0. The molecule has 0 spiro atoms. The highest BCUT2D eigenvalue weighted by Crippen LogP contribution is 2.37. The lowest BCUT2D eigenvalue weighted by Gasteiger charge is -2.32. The number of aryl methyl sites for hydroxylation is 1. The molecule has 3 fully saturated rings. The Hall–Kier alpha value is -1.23. The van der Waals surface area contributed by atoms with Crippen molar-refractivity contribution >= 4 is 10.0 Å². The van der Waals surface area contributed by atoms with Gasteiger partial charge < -0.3 is 0 Å². The van der Waals surface area contributed by atoms with Gasteiger partial charge in [-0.3, -0.25) is 0 Å². The van der Waals surface area contributed by atoms with Gasteiger partial charge in [-0.25, -0.2) is 0 Å². The van der Waals surface area contributed by atoms with Gasteiger partial charge in [-0.05, 0) is 56.6 Å². The fourth-order valence-electron chi connectivity index (χ4n) is 3.97. The first-order valence-electron chi connectivity index (χ1n) is 8.78. The van der Waals surface area contributed by atoms with Crippen LogP contribution in [0.15, 0.2) is 38.8 Å². The van der Waals surface area contributed by atoms with Crippen molar-refractivity contribution in [3.8, 4) is 0 Å². The molecule has 0 saturated heterocycles. The highest BCUT2D eigenvalue weighted by Gasteiger charge is 2.28. The molecule has 4 rings (SSSR count). The van der Waals surface area contributed by atoms with Crippen LogP contribution >= 0.6 is 0 Å². The molecular formula is C18H26N2O2S. The van der Waals surface area contributed by atoms with Crippen LogP contribution in [0.3, 0.4) is 0 Å². The third-order valence-electron chi connectivity index (χ3n) is 5.41. The molecule has 1 aromatic carbocycles. The lowest BCUT2D eigenvalue weighted by molar-refractivity contribution is 0.219. The van der Waals surface area contributed by atoms with E-state index in [-0.39, 0.29) is 10.9 Å². The first-order chi connectivity index (χ1) is 11.0. The van der Waals surface area contributed by atoms with E-state index in [0.29, 0.717) is 5.92 Å². The second-order valence-corrected chi connectivity index (χ2v) is 8.70. The van der Waals surface area contributed by atoms with Crippen LogP contribution in [0.5, 0.6) is 0 Å². The van der Waals surface area contributed by atoms with Crippen molar-refractivity contribution in [3.63, 3.8) is 0 Å². The molecule has 3 aliphatic carbocycles. The summed E-state index contributed by atoms with van der Waals surface area (Å²) in [5.74, 6) is 1.32. The average molecular weight is 334 g/mol. The molecule has 4 nitrogen and oxygen atoms in total. The van der Waals surface area contributed by atoms with Crippen LogP contribution < -0.4 is 0 Å². The Morgan fingerprint density at radius 1 is 0.913 bits per heavy atom. The Labute approximate surface area is 139 Å². The Balaban J connectivity index is 1.76. The number of rotatable bonds is 3. The Morgan fingerprint density at radius 3 is 2.22 bits per heavy atom. The molecule has 2 bridgehead atoms. The first kappa shape index (κ1) is 16.6. The molecule has 23 heavy (non-hydrogen) atoms. The van der Waals surface area contributed by atoms with Gasteiger partial charge in [0.05, 0.1) is 10.9 Å². The molecule has 0 aromatic heterocycles. The average Bonchev–Trinajstić information content (AvgIpc) is 2.45. The summed E-state index contributed by atoms with van der Waals surface area (Å²) in [4.78, 5) is 0.235. The van der Waals surface area contributed by atoms with E-state index in [9.17, 15) is 8.42 Å². The van der Waals surface area contributed by atoms with Crippen molar-refractivity contribution in [3.05, 3.63) is 29.8 Å². The Bertz CT molecular complexity index is 642. The van der Waals surface area contributed by atoms with Crippen LogP contribution in [0.2, 0.25) is 0 Å². The number of sulfonamides is 1. The van der Waals surface area contributed by atoms with Crippen LogP contribution in [0.25, 0.3) is 0 Å². The van der Waals surface area contributed by atoms with Crippen LogP contribution in [0, 0.1) is 18.8 Å². The number of fused-ring (bicyclic) bond motifs is 6. The van der Waals surface area contributed by atoms with E-state index in [4.69, 9.17) is 0 Å². The number of nitrogens with zero attached hydrogens (tertiary/aromatic N) is 2. The third kappa shape index (κ3) is 4.19. The summed E-state index contributed by atoms with van der Waals surface area (Å²) in [5.41, 5.74) is 1.04. The van der Waals surface area contributed by atoms with Crippen molar-refractivity contribution < 1.29 is 8.42 Å². The summed E-state index contributed by atoms with van der Waals surface area (Å²) >= 11 is 0. The van der Waals surface area contributed by atoms with Gasteiger partial charge in [0, 0.05) is 0 Å². The topological polar surface area (TPSA) is 58.9 Å². The van der Waals surface area contributed by atoms with Crippen LogP contribution in [0.1, 0.15) is 56.9 Å². The zero-order chi connectivity index (χ0) is 16.3. The monoisotopic (exact) mass is 334 g/mol. The van der Waals surface area contributed by atoms with Gasteiger partial charge in [0.25, 0.3) is 10.0 Å². The SMILES string of the molecule is Cc1ccc(S(=O)(=O)N=NC2CCC3CCCC2CCC3)cc1. The Kier molecular flexibility index (Phi) is 5.14. The van der Waals surface area contributed by atoms with Crippen molar-refractivity contribution in [2.24, 2.45) is 21.5 Å². The van der Waals surface area contributed by atoms with Gasteiger partial charge in [-0.2, -0.15) is 13.5 Å². The summed E-state index contributed by atoms with van der Waals surface area (Å²) in [7, 11) is -3.67. The van der Waals surface area contributed by atoms with E-state index in [0.717, 1.165) is 17.9 Å². The van der Waals surface area contributed by atoms with E-state index in [1.165, 1.54) is 44.9 Å². The van der Waals surface area contributed by atoms with Crippen molar-refractivity contribution in [2.45, 2.75) is 69.2 Å². The quantitative estimate of drug-likeness (QED) is 0.739. The summed E-state index contributed by atoms with van der Waals surface area (Å²) in [6.07, 6.45) is 9.69. The van der Waals surface area contributed by atoms with E-state index >= 15 is 0 Å². The van der Waals surface area contributed by atoms with Crippen LogP contribution in [-0.2, 0) is 10.0 Å². The molecule has 1 atom stereocenters. The largest absolute Gasteiger partial charge is 0.299 e. The van der Waals surface area contributed by atoms with Gasteiger partial charge in [0.15, 0.2) is 0 Å². The van der Waals surface area contributed by atoms with Crippen LogP contribution in [0.4, 0.5) is 0 Å². The fraction of sp³-hybridized carbons (Fsp3) is 0.667. The molecule has 0 aliphatic heterocycles. The maximum Gasteiger partial charge on any atom is 0.299 e. The summed E-state index contributed by atoms with van der Waals surface area (Å²) < 4.78 is 28.5. The minimum atomic E-state index is -3.67. The van der Waals surface area contributed by atoms with Gasteiger partial charge >= 0.3 is 0 Å². The maximum atomic E-state index is 12.4. The van der Waals surface area contributed by atoms with E-state index in [2.05, 4.69) is 9.63 Å². The van der Waals surface area contributed by atoms with Crippen LogP contribution in [-0.4, -0.2) is 14.5 Å². The zero-order valence-corrected chi connectivity index (χ0v) is 14.6.